The summed E-state index contributed by atoms with van der Waals surface area (Å²) in [6.45, 7) is 0.736. The molecule has 0 heterocycles. The number of carbonyl (C=O) groups is 1. The van der Waals surface area contributed by atoms with E-state index in [1.165, 1.54) is 0 Å². The molecule has 0 aliphatic rings. The lowest BCUT2D eigenvalue weighted by molar-refractivity contribution is -0.121. The third-order valence-electron chi connectivity index (χ3n) is 1.74. The molecule has 0 spiro atoms. The van der Waals surface area contributed by atoms with Gasteiger partial charge in [0.25, 0.3) is 0 Å². The molecule has 0 rings (SSSR count). The zero-order chi connectivity index (χ0) is 10.8. The fraction of sp³-hybridized carbons (Fsp3) is 0.889. The monoisotopic (exact) mass is 221 g/mol. The fourth-order valence-electron chi connectivity index (χ4n) is 0.989. The maximum Gasteiger partial charge on any atom is 0.219 e. The van der Waals surface area contributed by atoms with Crippen LogP contribution in [0.25, 0.3) is 0 Å². The van der Waals surface area contributed by atoms with E-state index < -0.39 is 10.8 Å². The molecule has 0 bridgehead atoms. The van der Waals surface area contributed by atoms with Crippen LogP contribution in [0.2, 0.25) is 0 Å². The third kappa shape index (κ3) is 9.67. The summed E-state index contributed by atoms with van der Waals surface area (Å²) >= 11 is 0. The highest BCUT2D eigenvalue weighted by molar-refractivity contribution is 7.84. The van der Waals surface area contributed by atoms with Gasteiger partial charge in [-0.25, -0.2) is 0 Å². The number of amides is 1. The Morgan fingerprint density at radius 1 is 1.36 bits per heavy atom. The minimum absolute atomic E-state index is 0.0142. The van der Waals surface area contributed by atoms with Gasteiger partial charge in [-0.1, -0.05) is 0 Å². The maximum absolute atomic E-state index is 11.1. The summed E-state index contributed by atoms with van der Waals surface area (Å²) in [7, 11) is -0.771. The second kappa shape index (κ2) is 9.15. The molecule has 0 fully saturated rings. The van der Waals surface area contributed by atoms with Crippen molar-refractivity contribution in [3.8, 4) is 0 Å². The van der Waals surface area contributed by atoms with E-state index in [2.05, 4.69) is 5.32 Å². The summed E-state index contributed by atoms with van der Waals surface area (Å²) < 4.78 is 10.7. The maximum atomic E-state index is 11.1. The fourth-order valence-corrected chi connectivity index (χ4v) is 1.54. The summed E-state index contributed by atoms with van der Waals surface area (Å²) in [6.07, 6.45) is 4.28. The van der Waals surface area contributed by atoms with Crippen molar-refractivity contribution in [2.24, 2.45) is 0 Å². The van der Waals surface area contributed by atoms with E-state index in [0.717, 1.165) is 12.8 Å². The van der Waals surface area contributed by atoms with Crippen LogP contribution in [0, 0.1) is 0 Å². The SMILES string of the molecule is CS(=O)CCCNC(=O)CCCCO. The molecule has 1 amide bonds. The third-order valence-corrected chi connectivity index (χ3v) is 2.61. The molecule has 84 valence electrons. The summed E-state index contributed by atoms with van der Waals surface area (Å²) in [6, 6.07) is 0. The first-order valence-electron chi connectivity index (χ1n) is 4.84. The molecule has 5 heteroatoms. The lowest BCUT2D eigenvalue weighted by Gasteiger charge is -2.03. The summed E-state index contributed by atoms with van der Waals surface area (Å²) in [5.41, 5.74) is 0. The van der Waals surface area contributed by atoms with Gasteiger partial charge in [0.1, 0.15) is 0 Å². The van der Waals surface area contributed by atoms with Crippen molar-refractivity contribution in [3.63, 3.8) is 0 Å². The molecule has 0 saturated carbocycles. The van der Waals surface area contributed by atoms with Crippen molar-refractivity contribution in [1.29, 1.82) is 0 Å². The average molecular weight is 221 g/mol. The Morgan fingerprint density at radius 2 is 2.07 bits per heavy atom. The number of unbranched alkanes of at least 4 members (excludes halogenated alkanes) is 1. The highest BCUT2D eigenvalue weighted by Crippen LogP contribution is 1.93. The molecule has 0 saturated heterocycles. The Kier molecular flexibility index (Phi) is 8.87. The first-order chi connectivity index (χ1) is 6.66. The van der Waals surface area contributed by atoms with Crippen LogP contribution in [0.3, 0.4) is 0 Å². The zero-order valence-corrected chi connectivity index (χ0v) is 9.44. The topological polar surface area (TPSA) is 66.4 Å². The number of rotatable bonds is 8. The van der Waals surface area contributed by atoms with E-state index in [1.54, 1.807) is 6.26 Å². The Balaban J connectivity index is 3.22. The number of aliphatic hydroxyl groups excluding tert-OH is 1. The molecular weight excluding hydrogens is 202 g/mol. The second-order valence-electron chi connectivity index (χ2n) is 3.16. The minimum Gasteiger partial charge on any atom is -0.396 e. The highest BCUT2D eigenvalue weighted by atomic mass is 32.2. The van der Waals surface area contributed by atoms with E-state index in [-0.39, 0.29) is 12.5 Å². The van der Waals surface area contributed by atoms with Crippen LogP contribution in [0.1, 0.15) is 25.7 Å². The lowest BCUT2D eigenvalue weighted by atomic mass is 10.2. The van der Waals surface area contributed by atoms with E-state index in [1.807, 2.05) is 0 Å². The Morgan fingerprint density at radius 3 is 2.64 bits per heavy atom. The van der Waals surface area contributed by atoms with Gasteiger partial charge in [0.15, 0.2) is 0 Å². The largest absolute Gasteiger partial charge is 0.396 e. The van der Waals surface area contributed by atoms with E-state index in [4.69, 9.17) is 5.11 Å². The Labute approximate surface area is 87.5 Å². The molecule has 0 aliphatic heterocycles. The van der Waals surface area contributed by atoms with Gasteiger partial charge in [-0.15, -0.1) is 0 Å². The number of nitrogens with one attached hydrogen (secondary N) is 1. The van der Waals surface area contributed by atoms with Crippen LogP contribution in [-0.2, 0) is 15.6 Å². The smallest absolute Gasteiger partial charge is 0.219 e. The van der Waals surface area contributed by atoms with Crippen LogP contribution in [0.4, 0.5) is 0 Å². The summed E-state index contributed by atoms with van der Waals surface area (Å²) in [5, 5.41) is 11.2. The molecule has 0 aromatic heterocycles. The van der Waals surface area contributed by atoms with Crippen molar-refractivity contribution in [1.82, 2.24) is 5.32 Å². The van der Waals surface area contributed by atoms with Crippen molar-refractivity contribution >= 4 is 16.7 Å². The van der Waals surface area contributed by atoms with Gasteiger partial charge >= 0.3 is 0 Å². The van der Waals surface area contributed by atoms with Gasteiger partial charge in [-0.3, -0.25) is 9.00 Å². The lowest BCUT2D eigenvalue weighted by Crippen LogP contribution is -2.25. The number of hydrogen-bond donors (Lipinski definition) is 2. The van der Waals surface area contributed by atoms with Gasteiger partial charge in [-0.2, -0.15) is 0 Å². The summed E-state index contributed by atoms with van der Waals surface area (Å²) in [4.78, 5) is 11.1. The van der Waals surface area contributed by atoms with Crippen LogP contribution in [0.5, 0.6) is 0 Å². The molecule has 1 atom stereocenters. The second-order valence-corrected chi connectivity index (χ2v) is 4.72. The van der Waals surface area contributed by atoms with Crippen LogP contribution in [-0.4, -0.2) is 40.4 Å². The molecule has 0 aromatic rings. The predicted octanol–water partition coefficient (Wildman–Crippen LogP) is 0.0338. The van der Waals surface area contributed by atoms with E-state index in [0.29, 0.717) is 25.1 Å². The Bertz CT molecular complexity index is 185. The van der Waals surface area contributed by atoms with E-state index >= 15 is 0 Å². The standard InChI is InChI=1S/C9H19NO3S/c1-14(13)8-4-6-10-9(12)5-2-3-7-11/h11H,2-8H2,1H3,(H,10,12). The van der Waals surface area contributed by atoms with Crippen LogP contribution in [0.15, 0.2) is 0 Å². The molecule has 2 N–H and O–H groups in total. The van der Waals surface area contributed by atoms with Crippen molar-refractivity contribution in [2.45, 2.75) is 25.7 Å². The molecular formula is C9H19NO3S. The number of carbonyl (C=O) groups excluding carboxylic acids is 1. The van der Waals surface area contributed by atoms with Gasteiger partial charge in [0.2, 0.25) is 5.91 Å². The van der Waals surface area contributed by atoms with Crippen LogP contribution >= 0.6 is 0 Å². The molecule has 0 aliphatic carbocycles. The quantitative estimate of drug-likeness (QED) is 0.568. The summed E-state index contributed by atoms with van der Waals surface area (Å²) in [5.74, 6) is 0.650. The van der Waals surface area contributed by atoms with Gasteiger partial charge in [0.05, 0.1) is 0 Å². The molecule has 0 radical (unpaired) electrons. The molecule has 4 nitrogen and oxygen atoms in total. The van der Waals surface area contributed by atoms with Crippen LogP contribution < -0.4 is 5.32 Å². The molecule has 1 unspecified atom stereocenters. The van der Waals surface area contributed by atoms with E-state index in [9.17, 15) is 9.00 Å². The minimum atomic E-state index is -0.771. The first kappa shape index (κ1) is 13.6. The van der Waals surface area contributed by atoms with Gasteiger partial charge in [-0.05, 0) is 19.3 Å². The first-order valence-corrected chi connectivity index (χ1v) is 6.57. The number of aliphatic hydroxyl groups is 1. The molecule has 14 heavy (non-hydrogen) atoms. The normalized spacial score (nSPS) is 12.4. The number of hydrogen-bond acceptors (Lipinski definition) is 3. The van der Waals surface area contributed by atoms with Crippen molar-refractivity contribution in [3.05, 3.63) is 0 Å². The van der Waals surface area contributed by atoms with Crippen molar-refractivity contribution in [2.75, 3.05) is 25.2 Å². The van der Waals surface area contributed by atoms with Crippen molar-refractivity contribution < 1.29 is 14.1 Å². The zero-order valence-electron chi connectivity index (χ0n) is 8.62. The predicted molar refractivity (Wildman–Crippen MR) is 57.5 cm³/mol. The van der Waals surface area contributed by atoms with Gasteiger partial charge in [0, 0.05) is 42.4 Å². The van der Waals surface area contributed by atoms with Gasteiger partial charge < -0.3 is 10.4 Å². The average Bonchev–Trinajstić information content (AvgIpc) is 2.13. The highest BCUT2D eigenvalue weighted by Gasteiger charge is 1.99. The Hall–Kier alpha value is -0.420. The molecule has 0 aromatic carbocycles.